The first-order chi connectivity index (χ1) is 28.3. The number of rotatable bonds is 28. The number of carboxylic acid groups (broad SMARTS) is 3. The lowest BCUT2D eigenvalue weighted by Crippen LogP contribution is -2.60. The Morgan fingerprint density at radius 1 is 0.525 bits per heavy atom. The number of carbonyl (C=O) groups excluding carboxylic acids is 9. The molecule has 0 rings (SSSR count). The number of hydrogen-bond donors (Lipinski definition) is 15. The fraction of sp³-hybridized carbons (Fsp3) is 0.647. The van der Waals surface area contributed by atoms with Crippen molar-refractivity contribution in [2.24, 2.45) is 23.3 Å². The Labute approximate surface area is 348 Å². The van der Waals surface area contributed by atoms with E-state index >= 15 is 0 Å². The van der Waals surface area contributed by atoms with Crippen LogP contribution in [0.1, 0.15) is 60.3 Å². The van der Waals surface area contributed by atoms with Gasteiger partial charge in [-0.2, -0.15) is 0 Å². The number of aliphatic hydroxyl groups is 2. The van der Waals surface area contributed by atoms with Gasteiger partial charge in [0, 0.05) is 0 Å². The average Bonchev–Trinajstić information content (AvgIpc) is 3.17. The van der Waals surface area contributed by atoms with Crippen LogP contribution in [-0.2, 0) is 57.5 Å². The van der Waals surface area contributed by atoms with Crippen molar-refractivity contribution < 1.29 is 83.1 Å². The summed E-state index contributed by atoms with van der Waals surface area (Å²) in [5, 5.41) is 64.0. The molecule has 17 N–H and O–H groups in total. The Kier molecular flexibility index (Phi) is 23.8. The van der Waals surface area contributed by atoms with Crippen LogP contribution in [-0.4, -0.2) is 165 Å². The van der Waals surface area contributed by atoms with E-state index in [2.05, 4.69) is 21.3 Å². The lowest BCUT2D eigenvalue weighted by atomic mass is 9.98. The number of carbonyl (C=O) groups is 12. The molecule has 0 aliphatic carbocycles. The van der Waals surface area contributed by atoms with E-state index in [1.165, 1.54) is 27.7 Å². The third-order valence-corrected chi connectivity index (χ3v) is 8.63. The number of nitrogens with one attached hydrogen (secondary N) is 8. The van der Waals surface area contributed by atoms with E-state index in [-0.39, 0.29) is 6.42 Å². The molecule has 0 unspecified atom stereocenters. The maximum absolute atomic E-state index is 13.3. The number of aliphatic hydroxyl groups excluding tert-OH is 2. The van der Waals surface area contributed by atoms with E-state index < -0.39 is 170 Å². The largest absolute Gasteiger partial charge is 0.481 e. The molecule has 344 valence electrons. The van der Waals surface area contributed by atoms with Crippen LogP contribution in [0.5, 0.6) is 0 Å². The minimum absolute atomic E-state index is 0.272. The van der Waals surface area contributed by atoms with Crippen molar-refractivity contribution in [3.8, 4) is 0 Å². The van der Waals surface area contributed by atoms with Crippen LogP contribution < -0.4 is 54.0 Å². The molecule has 0 saturated heterocycles. The predicted octanol–water partition coefficient (Wildman–Crippen LogP) is -7.56. The third-order valence-electron chi connectivity index (χ3n) is 8.63. The van der Waals surface area contributed by atoms with Gasteiger partial charge in [-0.05, 0) is 18.8 Å². The molecule has 0 spiro atoms. The number of amides is 9. The van der Waals surface area contributed by atoms with E-state index in [9.17, 15) is 78.0 Å². The van der Waals surface area contributed by atoms with Crippen molar-refractivity contribution in [3.05, 3.63) is 0 Å². The highest BCUT2D eigenvalue weighted by Gasteiger charge is 2.36. The molecule has 0 aromatic heterocycles. The van der Waals surface area contributed by atoms with Crippen LogP contribution in [0.15, 0.2) is 0 Å². The Morgan fingerprint density at radius 2 is 0.967 bits per heavy atom. The zero-order chi connectivity index (χ0) is 47.3. The summed E-state index contributed by atoms with van der Waals surface area (Å²) < 4.78 is 0. The van der Waals surface area contributed by atoms with E-state index in [1.807, 2.05) is 21.3 Å². The number of aliphatic carboxylic acids is 3. The lowest BCUT2D eigenvalue weighted by Gasteiger charge is -2.26. The monoisotopic (exact) mass is 876 g/mol. The SMILES string of the molecule is CC[C@H](C)[C@H](NC(=O)[C@H](CC(=O)O)NC(=O)[C@H](CC(N)=O)NC(=O)[C@H](CC(=O)O)NC(=O)[C@H](CO)NC(=O)CNC(=O)[C@@H](NC(=O)[C@H](C)NC(=O)[C@@H](N)CO)C(C)C)C(=O)O. The highest BCUT2D eigenvalue weighted by molar-refractivity contribution is 5.99. The molecule has 0 aliphatic heterocycles. The molecular formula is C34H56N10O17. The van der Waals surface area contributed by atoms with Gasteiger partial charge in [0.25, 0.3) is 0 Å². The van der Waals surface area contributed by atoms with Crippen molar-refractivity contribution in [2.75, 3.05) is 19.8 Å². The molecule has 61 heavy (non-hydrogen) atoms. The maximum atomic E-state index is 13.3. The Hall–Kier alpha value is -6.48. The molecule has 0 aromatic carbocycles. The first-order valence-corrected chi connectivity index (χ1v) is 18.6. The van der Waals surface area contributed by atoms with Crippen LogP contribution in [0.2, 0.25) is 0 Å². The van der Waals surface area contributed by atoms with Crippen LogP contribution in [0.25, 0.3) is 0 Å². The minimum atomic E-state index is -2.09. The molecule has 0 heterocycles. The van der Waals surface area contributed by atoms with Crippen LogP contribution in [0, 0.1) is 11.8 Å². The summed E-state index contributed by atoms with van der Waals surface area (Å²) in [6.07, 6.45) is -3.04. The lowest BCUT2D eigenvalue weighted by molar-refractivity contribution is -0.145. The van der Waals surface area contributed by atoms with Crippen LogP contribution in [0.4, 0.5) is 0 Å². The molecule has 9 amide bonds. The molecule has 0 aromatic rings. The summed E-state index contributed by atoms with van der Waals surface area (Å²) in [7, 11) is 0. The van der Waals surface area contributed by atoms with Gasteiger partial charge in [0.15, 0.2) is 0 Å². The normalized spacial score (nSPS) is 15.3. The fourth-order valence-corrected chi connectivity index (χ4v) is 4.93. The van der Waals surface area contributed by atoms with Gasteiger partial charge in [-0.15, -0.1) is 0 Å². The maximum Gasteiger partial charge on any atom is 0.326 e. The quantitative estimate of drug-likeness (QED) is 0.0347. The first-order valence-electron chi connectivity index (χ1n) is 18.6. The Balaban J connectivity index is 5.92. The minimum Gasteiger partial charge on any atom is -0.481 e. The molecule has 0 aliphatic rings. The second-order valence-corrected chi connectivity index (χ2v) is 14.0. The number of carboxylic acids is 3. The second-order valence-electron chi connectivity index (χ2n) is 14.0. The number of primary amides is 1. The summed E-state index contributed by atoms with van der Waals surface area (Å²) >= 11 is 0. The number of hydrogen-bond acceptors (Lipinski definition) is 15. The average molecular weight is 877 g/mol. The van der Waals surface area contributed by atoms with Gasteiger partial charge in [0.2, 0.25) is 53.2 Å². The molecule has 0 radical (unpaired) electrons. The fourth-order valence-electron chi connectivity index (χ4n) is 4.93. The van der Waals surface area contributed by atoms with Crippen molar-refractivity contribution >= 4 is 71.1 Å². The van der Waals surface area contributed by atoms with Crippen LogP contribution in [0.3, 0.4) is 0 Å². The van der Waals surface area contributed by atoms with Gasteiger partial charge in [-0.25, -0.2) is 4.79 Å². The van der Waals surface area contributed by atoms with Gasteiger partial charge >= 0.3 is 17.9 Å². The van der Waals surface area contributed by atoms with E-state index in [0.29, 0.717) is 0 Å². The zero-order valence-corrected chi connectivity index (χ0v) is 34.0. The topological polar surface area (TPSA) is 454 Å². The molecule has 9 atom stereocenters. The third kappa shape index (κ3) is 19.9. The molecule has 0 fully saturated rings. The van der Waals surface area contributed by atoms with Gasteiger partial charge in [0.05, 0.1) is 39.0 Å². The molecule has 0 saturated carbocycles. The molecular weight excluding hydrogens is 820 g/mol. The summed E-state index contributed by atoms with van der Waals surface area (Å²) in [6, 6.07) is -13.3. The number of nitrogens with two attached hydrogens (primary N) is 2. The molecule has 0 bridgehead atoms. The summed E-state index contributed by atoms with van der Waals surface area (Å²) in [4.78, 5) is 149. The Bertz CT molecular complexity index is 1640. The predicted molar refractivity (Wildman–Crippen MR) is 205 cm³/mol. The second kappa shape index (κ2) is 26.6. The van der Waals surface area contributed by atoms with Gasteiger partial charge in [-0.1, -0.05) is 34.1 Å². The van der Waals surface area contributed by atoms with E-state index in [4.69, 9.17) is 16.6 Å². The standard InChI is InChI=1S/C34H56N10O17/c1-6-14(4)26(34(60)61)44-31(57)19(9-24(51)52)41-29(55)17(7-21(36)47)40-30(56)18(8-23(49)50)42-32(58)20(12-46)39-22(48)10-37-33(59)25(13(2)3)43-27(53)15(5)38-28(54)16(35)11-45/h13-20,25-26,45-46H,6-12,35H2,1-5H3,(H2,36,47)(H,37,59)(H,38,54)(H,39,48)(H,40,56)(H,41,55)(H,42,58)(H,43,53)(H,44,57)(H,49,50)(H,51,52)(H,60,61)/t14-,15-,16-,17-,18-,19-,20-,25-,26-/m0/s1. The summed E-state index contributed by atoms with van der Waals surface area (Å²) in [5.41, 5.74) is 10.6. The van der Waals surface area contributed by atoms with Crippen molar-refractivity contribution in [2.45, 2.75) is 109 Å². The van der Waals surface area contributed by atoms with Crippen LogP contribution >= 0.6 is 0 Å². The Morgan fingerprint density at radius 3 is 1.36 bits per heavy atom. The van der Waals surface area contributed by atoms with E-state index in [1.54, 1.807) is 6.92 Å². The summed E-state index contributed by atoms with van der Waals surface area (Å²) in [5.74, 6) is -16.4. The highest BCUT2D eigenvalue weighted by Crippen LogP contribution is 2.10. The van der Waals surface area contributed by atoms with Crippen molar-refractivity contribution in [1.82, 2.24) is 42.5 Å². The van der Waals surface area contributed by atoms with Crippen molar-refractivity contribution in [1.29, 1.82) is 0 Å². The first kappa shape index (κ1) is 54.5. The highest BCUT2D eigenvalue weighted by atomic mass is 16.4. The van der Waals surface area contributed by atoms with Gasteiger partial charge < -0.3 is 79.5 Å². The molecule has 27 heteroatoms. The van der Waals surface area contributed by atoms with Crippen molar-refractivity contribution in [3.63, 3.8) is 0 Å². The smallest absolute Gasteiger partial charge is 0.326 e. The zero-order valence-electron chi connectivity index (χ0n) is 34.0. The van der Waals surface area contributed by atoms with Gasteiger partial charge in [0.1, 0.15) is 48.3 Å². The van der Waals surface area contributed by atoms with Gasteiger partial charge in [-0.3, -0.25) is 52.7 Å². The summed E-state index contributed by atoms with van der Waals surface area (Å²) in [6.45, 7) is 4.75. The van der Waals surface area contributed by atoms with E-state index in [0.717, 1.165) is 0 Å². The molecule has 27 nitrogen and oxygen atoms in total.